The van der Waals surface area contributed by atoms with Crippen LogP contribution in [0.1, 0.15) is 16.3 Å². The average molecular weight is 417 g/mol. The number of nitrogens with zero attached hydrogens (tertiary/aromatic N) is 1. The fourth-order valence-electron chi connectivity index (χ4n) is 2.20. The second-order valence-corrected chi connectivity index (χ2v) is 7.32. The van der Waals surface area contributed by atoms with Crippen molar-refractivity contribution in [3.63, 3.8) is 0 Å². The molecule has 0 aliphatic carbocycles. The van der Waals surface area contributed by atoms with Crippen molar-refractivity contribution in [3.05, 3.63) is 74.6 Å². The first-order valence-corrected chi connectivity index (χ1v) is 9.44. The zero-order valence-corrected chi connectivity index (χ0v) is 16.1. The number of aromatic nitrogens is 1. The van der Waals surface area contributed by atoms with Gasteiger partial charge in [0.1, 0.15) is 17.4 Å². The van der Waals surface area contributed by atoms with Crippen LogP contribution in [0.4, 0.5) is 5.69 Å². The van der Waals surface area contributed by atoms with Gasteiger partial charge >= 0.3 is 0 Å². The van der Waals surface area contributed by atoms with E-state index in [4.69, 9.17) is 4.74 Å². The fourth-order valence-corrected chi connectivity index (χ4v) is 3.28. The molecular formula is C19H17BrN2O2S. The number of benzene rings is 2. The smallest absolute Gasteiger partial charge is 0.230 e. The van der Waals surface area contributed by atoms with Crippen LogP contribution in [0.25, 0.3) is 0 Å². The lowest BCUT2D eigenvalue weighted by molar-refractivity contribution is -0.115. The molecule has 0 radical (unpaired) electrons. The van der Waals surface area contributed by atoms with Crippen molar-refractivity contribution < 1.29 is 9.53 Å². The number of aryl methyl sites for hydroxylation is 1. The molecule has 0 saturated carbocycles. The van der Waals surface area contributed by atoms with Crippen LogP contribution in [0.2, 0.25) is 0 Å². The number of thiazole rings is 1. The first-order chi connectivity index (χ1) is 12.1. The van der Waals surface area contributed by atoms with Crippen molar-refractivity contribution in [1.29, 1.82) is 0 Å². The Labute approximate surface area is 159 Å². The third kappa shape index (κ3) is 5.14. The average Bonchev–Trinajstić information content (AvgIpc) is 3.04. The molecule has 0 unspecified atom stereocenters. The van der Waals surface area contributed by atoms with E-state index in [-0.39, 0.29) is 12.3 Å². The Morgan fingerprint density at radius 3 is 2.80 bits per heavy atom. The third-order valence-electron chi connectivity index (χ3n) is 3.50. The summed E-state index contributed by atoms with van der Waals surface area (Å²) >= 11 is 4.96. The quantitative estimate of drug-likeness (QED) is 0.616. The van der Waals surface area contributed by atoms with Gasteiger partial charge in [-0.1, -0.05) is 40.2 Å². The maximum atomic E-state index is 12.2. The van der Waals surface area contributed by atoms with E-state index in [0.717, 1.165) is 32.2 Å². The zero-order chi connectivity index (χ0) is 17.6. The summed E-state index contributed by atoms with van der Waals surface area (Å²) in [5, 5.41) is 5.64. The van der Waals surface area contributed by atoms with E-state index in [9.17, 15) is 4.79 Å². The molecule has 0 saturated heterocycles. The molecule has 0 spiro atoms. The summed E-state index contributed by atoms with van der Waals surface area (Å²) in [5.74, 6) is 0.721. The van der Waals surface area contributed by atoms with Gasteiger partial charge in [0.2, 0.25) is 5.91 Å². The van der Waals surface area contributed by atoms with E-state index in [1.807, 2.05) is 60.8 Å². The fraction of sp³-hybridized carbons (Fsp3) is 0.158. The number of anilines is 1. The number of ether oxygens (including phenoxy) is 1. The van der Waals surface area contributed by atoms with Gasteiger partial charge < -0.3 is 10.1 Å². The van der Waals surface area contributed by atoms with Gasteiger partial charge in [0.25, 0.3) is 0 Å². The van der Waals surface area contributed by atoms with Crippen LogP contribution in [-0.2, 0) is 17.8 Å². The molecule has 6 heteroatoms. The highest BCUT2D eigenvalue weighted by molar-refractivity contribution is 9.10. The van der Waals surface area contributed by atoms with Gasteiger partial charge in [0.15, 0.2) is 0 Å². The van der Waals surface area contributed by atoms with Gasteiger partial charge in [0.05, 0.1) is 12.1 Å². The van der Waals surface area contributed by atoms with Crippen LogP contribution in [0.3, 0.4) is 0 Å². The standard InChI is InChI=1S/C19H17BrN2O2S/c1-13-7-8-14(9-17(13)20)21-18(23)10-15-12-25-19(22-15)11-24-16-5-3-2-4-6-16/h2-9,12H,10-11H2,1H3,(H,21,23). The molecule has 0 aliphatic rings. The minimum Gasteiger partial charge on any atom is -0.486 e. The van der Waals surface area contributed by atoms with Gasteiger partial charge in [-0.2, -0.15) is 0 Å². The van der Waals surface area contributed by atoms with E-state index >= 15 is 0 Å². The second kappa shape index (κ2) is 8.27. The largest absolute Gasteiger partial charge is 0.486 e. The lowest BCUT2D eigenvalue weighted by Crippen LogP contribution is -2.14. The zero-order valence-electron chi connectivity index (χ0n) is 13.7. The molecule has 0 aliphatic heterocycles. The Kier molecular flexibility index (Phi) is 5.83. The number of rotatable bonds is 6. The van der Waals surface area contributed by atoms with E-state index in [1.165, 1.54) is 11.3 Å². The molecule has 128 valence electrons. The number of carbonyl (C=O) groups excluding carboxylic acids is 1. The summed E-state index contributed by atoms with van der Waals surface area (Å²) in [4.78, 5) is 16.6. The van der Waals surface area contributed by atoms with E-state index in [0.29, 0.717) is 6.61 Å². The maximum absolute atomic E-state index is 12.2. The predicted octanol–water partition coefficient (Wildman–Crippen LogP) is 4.97. The Bertz CT molecular complexity index is 865. The Morgan fingerprint density at radius 2 is 2.04 bits per heavy atom. The number of nitrogens with one attached hydrogen (secondary N) is 1. The van der Waals surface area contributed by atoms with Gasteiger partial charge in [-0.3, -0.25) is 4.79 Å². The second-order valence-electron chi connectivity index (χ2n) is 5.52. The molecule has 0 atom stereocenters. The number of hydrogen-bond acceptors (Lipinski definition) is 4. The normalized spacial score (nSPS) is 10.5. The van der Waals surface area contributed by atoms with Crippen LogP contribution < -0.4 is 10.1 Å². The van der Waals surface area contributed by atoms with Crippen molar-refractivity contribution in [1.82, 2.24) is 4.98 Å². The van der Waals surface area contributed by atoms with Crippen LogP contribution in [0.5, 0.6) is 5.75 Å². The third-order valence-corrected chi connectivity index (χ3v) is 5.23. The lowest BCUT2D eigenvalue weighted by Gasteiger charge is -2.06. The number of amides is 1. The SMILES string of the molecule is Cc1ccc(NC(=O)Cc2csc(COc3ccccc3)n2)cc1Br. The van der Waals surface area contributed by atoms with Gasteiger partial charge in [-0.05, 0) is 36.8 Å². The number of halogens is 1. The van der Waals surface area contributed by atoms with Crippen molar-refractivity contribution >= 4 is 38.9 Å². The van der Waals surface area contributed by atoms with E-state index < -0.39 is 0 Å². The first-order valence-electron chi connectivity index (χ1n) is 7.77. The van der Waals surface area contributed by atoms with Crippen LogP contribution >= 0.6 is 27.3 Å². The molecule has 3 rings (SSSR count). The van der Waals surface area contributed by atoms with Crippen LogP contribution in [-0.4, -0.2) is 10.9 Å². The predicted molar refractivity (Wildman–Crippen MR) is 104 cm³/mol. The number of carbonyl (C=O) groups is 1. The Balaban J connectivity index is 1.53. The van der Waals surface area contributed by atoms with E-state index in [1.54, 1.807) is 0 Å². The molecule has 1 aromatic heterocycles. The summed E-state index contributed by atoms with van der Waals surface area (Å²) in [5.41, 5.74) is 2.64. The Hall–Kier alpha value is -2.18. The van der Waals surface area contributed by atoms with Crippen molar-refractivity contribution in [2.75, 3.05) is 5.32 Å². The number of hydrogen-bond donors (Lipinski definition) is 1. The van der Waals surface area contributed by atoms with Crippen LogP contribution in [0.15, 0.2) is 58.4 Å². The molecular weight excluding hydrogens is 400 g/mol. The highest BCUT2D eigenvalue weighted by Gasteiger charge is 2.09. The van der Waals surface area contributed by atoms with Gasteiger partial charge in [-0.25, -0.2) is 4.98 Å². The highest BCUT2D eigenvalue weighted by Crippen LogP contribution is 2.21. The van der Waals surface area contributed by atoms with Gasteiger partial charge in [-0.15, -0.1) is 11.3 Å². The minimum atomic E-state index is -0.0865. The highest BCUT2D eigenvalue weighted by atomic mass is 79.9. The van der Waals surface area contributed by atoms with E-state index in [2.05, 4.69) is 26.2 Å². The maximum Gasteiger partial charge on any atom is 0.230 e. The first kappa shape index (κ1) is 17.6. The molecule has 1 amide bonds. The molecule has 25 heavy (non-hydrogen) atoms. The van der Waals surface area contributed by atoms with Crippen molar-refractivity contribution in [2.24, 2.45) is 0 Å². The molecule has 1 heterocycles. The molecule has 2 aromatic carbocycles. The monoisotopic (exact) mass is 416 g/mol. The van der Waals surface area contributed by atoms with Crippen LogP contribution in [0, 0.1) is 6.92 Å². The lowest BCUT2D eigenvalue weighted by atomic mass is 10.2. The summed E-state index contributed by atoms with van der Waals surface area (Å²) < 4.78 is 6.64. The minimum absolute atomic E-state index is 0.0865. The van der Waals surface area contributed by atoms with Crippen molar-refractivity contribution in [3.8, 4) is 5.75 Å². The summed E-state index contributed by atoms with van der Waals surface area (Å²) in [6, 6.07) is 15.3. The van der Waals surface area contributed by atoms with Crippen molar-refractivity contribution in [2.45, 2.75) is 20.0 Å². The molecule has 3 aromatic rings. The molecule has 0 fully saturated rings. The summed E-state index contributed by atoms with van der Waals surface area (Å²) in [7, 11) is 0. The molecule has 4 nitrogen and oxygen atoms in total. The molecule has 0 bridgehead atoms. The summed E-state index contributed by atoms with van der Waals surface area (Å²) in [6.07, 6.45) is 0.243. The van der Waals surface area contributed by atoms with Gasteiger partial charge in [0, 0.05) is 15.5 Å². The molecule has 1 N–H and O–H groups in total. The topological polar surface area (TPSA) is 51.2 Å². The Morgan fingerprint density at radius 1 is 1.24 bits per heavy atom. The number of para-hydroxylation sites is 1. The summed E-state index contributed by atoms with van der Waals surface area (Å²) in [6.45, 7) is 2.41.